The third-order valence-corrected chi connectivity index (χ3v) is 6.04. The van der Waals surface area contributed by atoms with Crippen LogP contribution in [0.4, 0.5) is 4.39 Å². The van der Waals surface area contributed by atoms with Crippen molar-refractivity contribution in [2.24, 2.45) is 0 Å². The normalized spacial score (nSPS) is 11.5. The molecule has 0 aliphatic rings. The van der Waals surface area contributed by atoms with Crippen LogP contribution >= 0.6 is 0 Å². The molecule has 0 unspecified atom stereocenters. The number of nitrogens with zero attached hydrogens (tertiary/aromatic N) is 3. The van der Waals surface area contributed by atoms with Crippen LogP contribution in [0, 0.1) is 19.7 Å². The lowest BCUT2D eigenvalue weighted by molar-refractivity contribution is 0.628. The fourth-order valence-electron chi connectivity index (χ4n) is 4.30. The average molecular weight is 433 g/mol. The van der Waals surface area contributed by atoms with E-state index in [-0.39, 0.29) is 5.82 Å². The van der Waals surface area contributed by atoms with Crippen molar-refractivity contribution < 1.29 is 4.39 Å². The molecule has 0 amide bonds. The molecule has 0 bridgehead atoms. The van der Waals surface area contributed by atoms with Crippen molar-refractivity contribution in [3.8, 4) is 33.9 Å². The molecular weight excluding hydrogens is 413 g/mol. The quantitative estimate of drug-likeness (QED) is 0.331. The Bertz CT molecular complexity index is 1640. The predicted molar refractivity (Wildman–Crippen MR) is 129 cm³/mol. The molecule has 6 aromatic rings. The minimum Gasteiger partial charge on any atom is -0.353 e. The molecule has 0 saturated carbocycles. The monoisotopic (exact) mass is 433 g/mol. The smallest absolute Gasteiger partial charge is 0.123 e. The van der Waals surface area contributed by atoms with Crippen molar-refractivity contribution in [3.05, 3.63) is 90.0 Å². The van der Waals surface area contributed by atoms with Crippen LogP contribution in [-0.2, 0) is 0 Å². The molecule has 4 aromatic heterocycles. The van der Waals surface area contributed by atoms with Gasteiger partial charge in [0.2, 0.25) is 0 Å². The van der Waals surface area contributed by atoms with Gasteiger partial charge in [0.1, 0.15) is 11.5 Å². The highest BCUT2D eigenvalue weighted by molar-refractivity contribution is 6.00. The Morgan fingerprint density at radius 2 is 1.61 bits per heavy atom. The van der Waals surface area contributed by atoms with Crippen LogP contribution in [0.2, 0.25) is 0 Å². The highest BCUT2D eigenvalue weighted by atomic mass is 19.1. The summed E-state index contributed by atoms with van der Waals surface area (Å²) in [7, 11) is 0. The summed E-state index contributed by atoms with van der Waals surface area (Å²) in [4.78, 5) is 12.7. The van der Waals surface area contributed by atoms with Gasteiger partial charge in [-0.25, -0.2) is 4.39 Å². The van der Waals surface area contributed by atoms with E-state index in [4.69, 9.17) is 0 Å². The molecule has 0 aliphatic heterocycles. The van der Waals surface area contributed by atoms with Crippen LogP contribution in [0.1, 0.15) is 11.1 Å². The van der Waals surface area contributed by atoms with Crippen LogP contribution in [0.25, 0.3) is 55.7 Å². The molecule has 6 heteroatoms. The number of H-pyrrole nitrogens is 2. The Kier molecular flexibility index (Phi) is 4.33. The number of rotatable bonds is 3. The van der Waals surface area contributed by atoms with Crippen LogP contribution in [-0.4, -0.2) is 25.1 Å². The third-order valence-electron chi connectivity index (χ3n) is 6.04. The van der Waals surface area contributed by atoms with Gasteiger partial charge in [0.05, 0.1) is 28.8 Å². The third kappa shape index (κ3) is 3.27. The molecule has 160 valence electrons. The summed E-state index contributed by atoms with van der Waals surface area (Å²) < 4.78 is 13.4. The van der Waals surface area contributed by atoms with E-state index in [9.17, 15) is 4.39 Å². The largest absolute Gasteiger partial charge is 0.353 e. The summed E-state index contributed by atoms with van der Waals surface area (Å²) in [5, 5.41) is 9.63. The SMILES string of the molecule is Cc1ccc(C)c(-c2cc3c(-c4cc5c(-c6ccc(F)cc6)nccc5[nH]4)n[nH]c3cn2)c1. The number of hydrogen-bond donors (Lipinski definition) is 2. The Hall–Kier alpha value is -4.32. The summed E-state index contributed by atoms with van der Waals surface area (Å²) >= 11 is 0. The Morgan fingerprint density at radius 3 is 2.45 bits per heavy atom. The van der Waals surface area contributed by atoms with Crippen molar-refractivity contribution in [3.63, 3.8) is 0 Å². The van der Waals surface area contributed by atoms with E-state index in [1.54, 1.807) is 18.3 Å². The zero-order valence-electron chi connectivity index (χ0n) is 18.1. The van der Waals surface area contributed by atoms with Gasteiger partial charge < -0.3 is 4.98 Å². The maximum absolute atomic E-state index is 13.4. The van der Waals surface area contributed by atoms with Gasteiger partial charge >= 0.3 is 0 Å². The Morgan fingerprint density at radius 1 is 0.788 bits per heavy atom. The second-order valence-corrected chi connectivity index (χ2v) is 8.32. The molecular formula is C27H20FN5. The van der Waals surface area contributed by atoms with Crippen LogP contribution in [0.15, 0.2) is 73.1 Å². The topological polar surface area (TPSA) is 70.2 Å². The number of hydrogen-bond acceptors (Lipinski definition) is 3. The van der Waals surface area contributed by atoms with E-state index in [1.165, 1.54) is 23.3 Å². The lowest BCUT2D eigenvalue weighted by atomic mass is 10.0. The summed E-state index contributed by atoms with van der Waals surface area (Å²) in [5.74, 6) is -0.267. The van der Waals surface area contributed by atoms with Crippen LogP contribution in [0.5, 0.6) is 0 Å². The van der Waals surface area contributed by atoms with Gasteiger partial charge in [-0.3, -0.25) is 15.1 Å². The number of pyridine rings is 2. The first-order chi connectivity index (χ1) is 16.1. The number of fused-ring (bicyclic) bond motifs is 2. The second kappa shape index (κ2) is 7.38. The fourth-order valence-corrected chi connectivity index (χ4v) is 4.30. The summed E-state index contributed by atoms with van der Waals surface area (Å²) in [6.07, 6.45) is 3.59. The molecule has 5 nitrogen and oxygen atoms in total. The molecule has 2 N–H and O–H groups in total. The van der Waals surface area contributed by atoms with Gasteiger partial charge in [-0.05, 0) is 67.9 Å². The van der Waals surface area contributed by atoms with Crippen LogP contribution in [0.3, 0.4) is 0 Å². The molecule has 0 fully saturated rings. The van der Waals surface area contributed by atoms with Gasteiger partial charge in [-0.15, -0.1) is 0 Å². The van der Waals surface area contributed by atoms with Crippen molar-refractivity contribution >= 4 is 21.8 Å². The highest BCUT2D eigenvalue weighted by Gasteiger charge is 2.16. The van der Waals surface area contributed by atoms with E-state index >= 15 is 0 Å². The number of aromatic amines is 2. The first-order valence-electron chi connectivity index (χ1n) is 10.7. The molecule has 0 atom stereocenters. The predicted octanol–water partition coefficient (Wildman–Crippen LogP) is 6.59. The minimum absolute atomic E-state index is 0.267. The molecule has 0 radical (unpaired) electrons. The first-order valence-corrected chi connectivity index (χ1v) is 10.7. The maximum atomic E-state index is 13.4. The number of nitrogens with one attached hydrogen (secondary N) is 2. The lowest BCUT2D eigenvalue weighted by Gasteiger charge is -2.07. The number of benzene rings is 2. The molecule has 0 spiro atoms. The lowest BCUT2D eigenvalue weighted by Crippen LogP contribution is -1.88. The molecule has 0 aliphatic carbocycles. The standard InChI is InChI=1S/C27H20FN5/c1-15-3-4-16(2)19(11-15)23-12-21-25(14-30-23)32-33-27(21)24-13-20-22(31-24)9-10-29-26(20)17-5-7-18(28)8-6-17/h3-14,31H,1-2H3,(H,32,33). The number of aromatic nitrogens is 5. The molecule has 33 heavy (non-hydrogen) atoms. The molecule has 2 aromatic carbocycles. The van der Waals surface area contributed by atoms with E-state index in [1.807, 2.05) is 12.3 Å². The van der Waals surface area contributed by atoms with Gasteiger partial charge in [0.15, 0.2) is 0 Å². The van der Waals surface area contributed by atoms with E-state index < -0.39 is 0 Å². The van der Waals surface area contributed by atoms with Gasteiger partial charge in [0.25, 0.3) is 0 Å². The molecule has 0 saturated heterocycles. The van der Waals surface area contributed by atoms with E-state index in [0.29, 0.717) is 0 Å². The summed E-state index contributed by atoms with van der Waals surface area (Å²) in [6.45, 7) is 4.18. The van der Waals surface area contributed by atoms with E-state index in [2.05, 4.69) is 69.3 Å². The number of aryl methyl sites for hydroxylation is 2. The Labute approximate surface area is 189 Å². The van der Waals surface area contributed by atoms with E-state index in [0.717, 1.165) is 55.7 Å². The van der Waals surface area contributed by atoms with Gasteiger partial charge in [0, 0.05) is 33.6 Å². The zero-order chi connectivity index (χ0) is 22.5. The minimum atomic E-state index is -0.267. The first kappa shape index (κ1) is 19.4. The summed E-state index contributed by atoms with van der Waals surface area (Å²) in [5.41, 5.74) is 9.58. The van der Waals surface area contributed by atoms with Crippen molar-refractivity contribution in [1.29, 1.82) is 0 Å². The highest BCUT2D eigenvalue weighted by Crippen LogP contribution is 2.34. The zero-order valence-corrected chi connectivity index (χ0v) is 18.1. The van der Waals surface area contributed by atoms with Crippen molar-refractivity contribution in [1.82, 2.24) is 25.1 Å². The fraction of sp³-hybridized carbons (Fsp3) is 0.0741. The van der Waals surface area contributed by atoms with Crippen molar-refractivity contribution in [2.45, 2.75) is 13.8 Å². The van der Waals surface area contributed by atoms with Crippen molar-refractivity contribution in [2.75, 3.05) is 0 Å². The second-order valence-electron chi connectivity index (χ2n) is 8.32. The summed E-state index contributed by atoms with van der Waals surface area (Å²) in [6, 6.07) is 18.9. The molecule has 4 heterocycles. The Balaban J connectivity index is 1.51. The van der Waals surface area contributed by atoms with Crippen LogP contribution < -0.4 is 0 Å². The average Bonchev–Trinajstić information content (AvgIpc) is 3.44. The molecule has 6 rings (SSSR count). The van der Waals surface area contributed by atoms with Gasteiger partial charge in [-0.2, -0.15) is 5.10 Å². The number of halogens is 1. The van der Waals surface area contributed by atoms with Gasteiger partial charge in [-0.1, -0.05) is 17.7 Å². The maximum Gasteiger partial charge on any atom is 0.123 e.